The fourth-order valence-corrected chi connectivity index (χ4v) is 3.96. The van der Waals surface area contributed by atoms with Crippen LogP contribution in [0, 0.1) is 0 Å². The van der Waals surface area contributed by atoms with Gasteiger partial charge < -0.3 is 5.32 Å². The molecule has 0 aliphatic rings. The van der Waals surface area contributed by atoms with Gasteiger partial charge in [0.25, 0.3) is 0 Å². The molecular weight excluding hydrogens is 284 g/mol. The molecule has 21 heavy (non-hydrogen) atoms. The van der Waals surface area contributed by atoms with Crippen molar-refractivity contribution >= 4 is 10.0 Å². The molecular formula is C16H28N2O2S. The van der Waals surface area contributed by atoms with Crippen LogP contribution in [0.2, 0.25) is 0 Å². The molecule has 0 fully saturated rings. The van der Waals surface area contributed by atoms with E-state index in [0.29, 0.717) is 11.4 Å². The van der Waals surface area contributed by atoms with Gasteiger partial charge in [0.2, 0.25) is 10.0 Å². The van der Waals surface area contributed by atoms with Crippen molar-refractivity contribution in [2.75, 3.05) is 13.6 Å². The lowest BCUT2D eigenvalue weighted by Crippen LogP contribution is -2.36. The van der Waals surface area contributed by atoms with E-state index in [2.05, 4.69) is 12.2 Å². The number of nitrogens with zero attached hydrogens (tertiary/aromatic N) is 1. The van der Waals surface area contributed by atoms with Crippen LogP contribution >= 0.6 is 0 Å². The zero-order valence-corrected chi connectivity index (χ0v) is 14.4. The molecule has 0 aliphatic heterocycles. The molecule has 1 N–H and O–H groups in total. The fraction of sp³-hybridized carbons (Fsp3) is 0.625. The number of hydrogen-bond acceptors (Lipinski definition) is 3. The third kappa shape index (κ3) is 4.80. The van der Waals surface area contributed by atoms with Gasteiger partial charge in [0.15, 0.2) is 0 Å². The Labute approximate surface area is 129 Å². The molecule has 1 aromatic carbocycles. The molecule has 0 saturated heterocycles. The highest BCUT2D eigenvalue weighted by molar-refractivity contribution is 7.89. The quantitative estimate of drug-likeness (QED) is 0.713. The number of benzene rings is 1. The van der Waals surface area contributed by atoms with E-state index < -0.39 is 10.0 Å². The summed E-state index contributed by atoms with van der Waals surface area (Å²) in [5.41, 5.74) is 1.00. The van der Waals surface area contributed by atoms with Crippen LogP contribution in [0.3, 0.4) is 0 Å². The van der Waals surface area contributed by atoms with E-state index in [4.69, 9.17) is 0 Å². The monoisotopic (exact) mass is 312 g/mol. The van der Waals surface area contributed by atoms with Crippen LogP contribution in [0.15, 0.2) is 29.2 Å². The molecule has 0 heterocycles. The topological polar surface area (TPSA) is 49.4 Å². The Morgan fingerprint density at radius 1 is 1.19 bits per heavy atom. The first-order valence-electron chi connectivity index (χ1n) is 7.75. The Morgan fingerprint density at radius 3 is 2.43 bits per heavy atom. The summed E-state index contributed by atoms with van der Waals surface area (Å²) in [5, 5.41) is 3.30. The maximum absolute atomic E-state index is 12.7. The Balaban J connectivity index is 2.95. The first-order valence-corrected chi connectivity index (χ1v) is 9.19. The molecule has 0 amide bonds. The second kappa shape index (κ2) is 8.51. The molecule has 1 aromatic rings. The van der Waals surface area contributed by atoms with Crippen molar-refractivity contribution < 1.29 is 8.42 Å². The first-order chi connectivity index (χ1) is 9.97. The highest BCUT2D eigenvalue weighted by Gasteiger charge is 2.25. The van der Waals surface area contributed by atoms with E-state index in [-0.39, 0.29) is 6.04 Å². The van der Waals surface area contributed by atoms with E-state index in [9.17, 15) is 8.42 Å². The van der Waals surface area contributed by atoms with Crippen molar-refractivity contribution in [1.29, 1.82) is 0 Å². The van der Waals surface area contributed by atoms with Crippen molar-refractivity contribution in [3.8, 4) is 0 Å². The zero-order valence-electron chi connectivity index (χ0n) is 13.6. The molecule has 0 aromatic heterocycles. The van der Waals surface area contributed by atoms with Gasteiger partial charge in [-0.3, -0.25) is 0 Å². The third-order valence-corrected chi connectivity index (χ3v) is 5.69. The minimum Gasteiger partial charge on any atom is -0.313 e. The molecule has 5 heteroatoms. The average Bonchev–Trinajstić information content (AvgIpc) is 2.49. The van der Waals surface area contributed by atoms with Gasteiger partial charge in [-0.05, 0) is 43.5 Å². The lowest BCUT2D eigenvalue weighted by molar-refractivity contribution is 0.349. The molecule has 0 atom stereocenters. The predicted octanol–water partition coefficient (Wildman–Crippen LogP) is 3.00. The van der Waals surface area contributed by atoms with Crippen LogP contribution in [0.5, 0.6) is 0 Å². The molecule has 0 saturated carbocycles. The summed E-state index contributed by atoms with van der Waals surface area (Å²) >= 11 is 0. The smallest absolute Gasteiger partial charge is 0.243 e. The molecule has 0 bridgehead atoms. The second-order valence-corrected chi connectivity index (χ2v) is 7.31. The number of nitrogens with one attached hydrogen (secondary N) is 1. The largest absolute Gasteiger partial charge is 0.313 e. The summed E-state index contributed by atoms with van der Waals surface area (Å²) in [4.78, 5) is 0.382. The van der Waals surface area contributed by atoms with E-state index in [0.717, 1.165) is 31.4 Å². The van der Waals surface area contributed by atoms with Gasteiger partial charge in [-0.15, -0.1) is 0 Å². The minimum absolute atomic E-state index is 0.0527. The number of rotatable bonds is 9. The number of sulfonamides is 1. The third-order valence-electron chi connectivity index (χ3n) is 3.79. The standard InChI is InChI=1S/C16H28N2O2S/c1-5-11-17-13-14-9-8-10-16(12-14)21(19,20)18(4)15(6-2)7-3/h8-10,12,15,17H,5-7,11,13H2,1-4H3. The van der Waals surface area contributed by atoms with Crippen LogP contribution in [0.25, 0.3) is 0 Å². The van der Waals surface area contributed by atoms with E-state index in [1.165, 1.54) is 4.31 Å². The average molecular weight is 312 g/mol. The van der Waals surface area contributed by atoms with Gasteiger partial charge in [0.05, 0.1) is 4.90 Å². The van der Waals surface area contributed by atoms with E-state index in [1.807, 2.05) is 26.0 Å². The summed E-state index contributed by atoms with van der Waals surface area (Å²) in [6, 6.07) is 7.28. The summed E-state index contributed by atoms with van der Waals surface area (Å²) in [6.07, 6.45) is 2.71. The Hall–Kier alpha value is -0.910. The Morgan fingerprint density at radius 2 is 1.86 bits per heavy atom. The SMILES string of the molecule is CCCNCc1cccc(S(=O)(=O)N(C)C(CC)CC)c1. The number of hydrogen-bond donors (Lipinski definition) is 1. The molecule has 0 spiro atoms. The van der Waals surface area contributed by atoms with Crippen molar-refractivity contribution in [3.63, 3.8) is 0 Å². The lowest BCUT2D eigenvalue weighted by atomic mass is 10.2. The van der Waals surface area contributed by atoms with Crippen LogP contribution in [-0.4, -0.2) is 32.4 Å². The van der Waals surface area contributed by atoms with Crippen molar-refractivity contribution in [3.05, 3.63) is 29.8 Å². The summed E-state index contributed by atoms with van der Waals surface area (Å²) in [7, 11) is -1.73. The Bertz CT molecular complexity index is 525. The van der Waals surface area contributed by atoms with Gasteiger partial charge in [-0.25, -0.2) is 8.42 Å². The van der Waals surface area contributed by atoms with Gasteiger partial charge in [0, 0.05) is 19.6 Å². The van der Waals surface area contributed by atoms with Gasteiger partial charge in [-0.2, -0.15) is 4.31 Å². The molecule has 0 unspecified atom stereocenters. The fourth-order valence-electron chi connectivity index (χ4n) is 2.39. The van der Waals surface area contributed by atoms with Gasteiger partial charge in [-0.1, -0.05) is 32.9 Å². The van der Waals surface area contributed by atoms with Gasteiger partial charge >= 0.3 is 0 Å². The second-order valence-electron chi connectivity index (χ2n) is 5.32. The van der Waals surface area contributed by atoms with E-state index >= 15 is 0 Å². The lowest BCUT2D eigenvalue weighted by Gasteiger charge is -2.25. The first kappa shape index (κ1) is 18.1. The summed E-state index contributed by atoms with van der Waals surface area (Å²) < 4.78 is 26.9. The predicted molar refractivity (Wildman–Crippen MR) is 87.8 cm³/mol. The zero-order chi connectivity index (χ0) is 15.9. The van der Waals surface area contributed by atoms with Crippen molar-refractivity contribution in [2.24, 2.45) is 0 Å². The molecule has 0 aliphatic carbocycles. The summed E-state index contributed by atoms with van der Waals surface area (Å²) in [6.45, 7) is 7.78. The van der Waals surface area contributed by atoms with Crippen molar-refractivity contribution in [1.82, 2.24) is 9.62 Å². The molecule has 120 valence electrons. The van der Waals surface area contributed by atoms with Crippen LogP contribution in [0.4, 0.5) is 0 Å². The van der Waals surface area contributed by atoms with Crippen molar-refractivity contribution in [2.45, 2.75) is 57.5 Å². The van der Waals surface area contributed by atoms with E-state index in [1.54, 1.807) is 19.2 Å². The summed E-state index contributed by atoms with van der Waals surface area (Å²) in [5.74, 6) is 0. The van der Waals surface area contributed by atoms with Gasteiger partial charge in [0.1, 0.15) is 0 Å². The van der Waals surface area contributed by atoms with Crippen LogP contribution in [0.1, 0.15) is 45.6 Å². The minimum atomic E-state index is -3.41. The maximum atomic E-state index is 12.7. The molecule has 1 rings (SSSR count). The normalized spacial score (nSPS) is 12.3. The highest BCUT2D eigenvalue weighted by Crippen LogP contribution is 2.20. The molecule has 0 radical (unpaired) electrons. The van der Waals surface area contributed by atoms with Crippen LogP contribution in [-0.2, 0) is 16.6 Å². The Kier molecular flexibility index (Phi) is 7.35. The van der Waals surface area contributed by atoms with Crippen LogP contribution < -0.4 is 5.32 Å². The molecule has 4 nitrogen and oxygen atoms in total. The highest BCUT2D eigenvalue weighted by atomic mass is 32.2. The maximum Gasteiger partial charge on any atom is 0.243 e.